The molecule has 9 heavy (non-hydrogen) atoms. The van der Waals surface area contributed by atoms with Gasteiger partial charge >= 0.3 is 0 Å². The van der Waals surface area contributed by atoms with Crippen molar-refractivity contribution in [3.8, 4) is 0 Å². The Morgan fingerprint density at radius 1 is 1.78 bits per heavy atom. The van der Waals surface area contributed by atoms with Gasteiger partial charge in [-0.15, -0.1) is 0 Å². The molecule has 0 aliphatic carbocycles. The van der Waals surface area contributed by atoms with Crippen molar-refractivity contribution >= 4 is 6.21 Å². The molecule has 0 fully saturated rings. The fourth-order valence-corrected chi connectivity index (χ4v) is 0.440. The Hall–Kier alpha value is -1.29. The van der Waals surface area contributed by atoms with E-state index in [1.807, 2.05) is 0 Å². The SMILES string of the molecule is OO/N=C/c1ccco1. The minimum Gasteiger partial charge on any atom is -0.463 e. The van der Waals surface area contributed by atoms with Crippen LogP contribution in [0.2, 0.25) is 0 Å². The highest BCUT2D eigenvalue weighted by atomic mass is 17.2. The third-order valence-corrected chi connectivity index (χ3v) is 0.770. The van der Waals surface area contributed by atoms with Gasteiger partial charge in [-0.2, -0.15) is 5.26 Å². The molecule has 0 unspecified atom stereocenters. The Labute approximate surface area is 51.3 Å². The van der Waals surface area contributed by atoms with Crippen molar-refractivity contribution in [2.24, 2.45) is 5.16 Å². The van der Waals surface area contributed by atoms with E-state index < -0.39 is 0 Å². The van der Waals surface area contributed by atoms with Crippen molar-refractivity contribution in [3.63, 3.8) is 0 Å². The van der Waals surface area contributed by atoms with E-state index in [-0.39, 0.29) is 0 Å². The standard InChI is InChI=1S/C5H5NO3/c7-9-6-4-5-2-1-3-8-5/h1-4,7H/b6-4+. The molecule has 4 nitrogen and oxygen atoms in total. The monoisotopic (exact) mass is 127 g/mol. The minimum atomic E-state index is 0.532. The summed E-state index contributed by atoms with van der Waals surface area (Å²) in [4.78, 5) is 3.42. The largest absolute Gasteiger partial charge is 0.463 e. The molecule has 0 spiro atoms. The Kier molecular flexibility index (Phi) is 1.87. The highest BCUT2D eigenvalue weighted by Gasteiger charge is 1.85. The fraction of sp³-hybridized carbons (Fsp3) is 0. The van der Waals surface area contributed by atoms with Crippen LogP contribution in [-0.2, 0) is 4.99 Å². The molecule has 0 amide bonds. The first kappa shape index (κ1) is 5.84. The third-order valence-electron chi connectivity index (χ3n) is 0.770. The lowest BCUT2D eigenvalue weighted by Gasteiger charge is -1.79. The molecule has 0 saturated carbocycles. The average molecular weight is 127 g/mol. The van der Waals surface area contributed by atoms with E-state index in [1.165, 1.54) is 12.5 Å². The van der Waals surface area contributed by atoms with Crippen molar-refractivity contribution in [3.05, 3.63) is 24.2 Å². The molecule has 0 bridgehead atoms. The van der Waals surface area contributed by atoms with Crippen LogP contribution in [0.1, 0.15) is 5.76 Å². The quantitative estimate of drug-likeness (QED) is 0.367. The van der Waals surface area contributed by atoms with Crippen LogP contribution < -0.4 is 0 Å². The second-order valence-corrected chi connectivity index (χ2v) is 1.33. The van der Waals surface area contributed by atoms with E-state index >= 15 is 0 Å². The molecular weight excluding hydrogens is 122 g/mol. The predicted octanol–water partition coefficient (Wildman–Crippen LogP) is 1.10. The molecular formula is C5H5NO3. The van der Waals surface area contributed by atoms with Crippen LogP contribution in [0.4, 0.5) is 0 Å². The second-order valence-electron chi connectivity index (χ2n) is 1.33. The lowest BCUT2D eigenvalue weighted by Crippen LogP contribution is -1.75. The molecule has 1 rings (SSSR count). The zero-order chi connectivity index (χ0) is 6.53. The number of nitrogens with zero attached hydrogens (tertiary/aromatic N) is 1. The summed E-state index contributed by atoms with van der Waals surface area (Å²) in [5.74, 6) is 0.532. The van der Waals surface area contributed by atoms with Gasteiger partial charge in [0, 0.05) is 0 Å². The Morgan fingerprint density at radius 3 is 3.22 bits per heavy atom. The molecule has 1 heterocycles. The third kappa shape index (κ3) is 1.58. The molecule has 4 heteroatoms. The van der Waals surface area contributed by atoms with Crippen LogP contribution in [0, 0.1) is 0 Å². The van der Waals surface area contributed by atoms with Gasteiger partial charge in [0.2, 0.25) is 0 Å². The summed E-state index contributed by atoms with van der Waals surface area (Å²) in [6.07, 6.45) is 2.75. The first-order valence-corrected chi connectivity index (χ1v) is 2.31. The number of rotatable bonds is 2. The molecule has 48 valence electrons. The molecule has 0 atom stereocenters. The Bertz CT molecular complexity index is 180. The van der Waals surface area contributed by atoms with E-state index in [4.69, 9.17) is 9.67 Å². The molecule has 0 radical (unpaired) electrons. The average Bonchev–Trinajstić information content (AvgIpc) is 2.34. The zero-order valence-corrected chi connectivity index (χ0v) is 4.52. The molecule has 0 aliphatic heterocycles. The molecule has 0 aliphatic rings. The maximum absolute atomic E-state index is 7.73. The first-order chi connectivity index (χ1) is 4.43. The smallest absolute Gasteiger partial charge is 0.148 e. The van der Waals surface area contributed by atoms with Gasteiger partial charge in [0.25, 0.3) is 0 Å². The predicted molar refractivity (Wildman–Crippen MR) is 30.0 cm³/mol. The maximum atomic E-state index is 7.73. The van der Waals surface area contributed by atoms with E-state index in [9.17, 15) is 0 Å². The summed E-state index contributed by atoms with van der Waals surface area (Å²) in [5.41, 5.74) is 0. The summed E-state index contributed by atoms with van der Waals surface area (Å²) in [7, 11) is 0. The second kappa shape index (κ2) is 2.88. The molecule has 0 aromatic carbocycles. The fourth-order valence-electron chi connectivity index (χ4n) is 0.440. The minimum absolute atomic E-state index is 0.532. The summed E-state index contributed by atoms with van der Waals surface area (Å²) >= 11 is 0. The molecule has 1 N–H and O–H groups in total. The van der Waals surface area contributed by atoms with Gasteiger partial charge < -0.3 is 4.42 Å². The van der Waals surface area contributed by atoms with Crippen LogP contribution >= 0.6 is 0 Å². The van der Waals surface area contributed by atoms with Gasteiger partial charge in [0.1, 0.15) is 12.0 Å². The summed E-state index contributed by atoms with van der Waals surface area (Å²) in [6, 6.07) is 3.39. The van der Waals surface area contributed by atoms with Crippen molar-refractivity contribution in [2.45, 2.75) is 0 Å². The highest BCUT2D eigenvalue weighted by molar-refractivity contribution is 5.74. The number of hydrogen-bond acceptors (Lipinski definition) is 4. The highest BCUT2D eigenvalue weighted by Crippen LogP contribution is 1.94. The number of furan rings is 1. The van der Waals surface area contributed by atoms with Crippen LogP contribution in [0.15, 0.2) is 28.0 Å². The van der Waals surface area contributed by atoms with E-state index in [1.54, 1.807) is 12.1 Å². The normalized spacial score (nSPS) is 10.3. The van der Waals surface area contributed by atoms with Crippen LogP contribution in [0.25, 0.3) is 0 Å². The van der Waals surface area contributed by atoms with Crippen molar-refractivity contribution in [1.82, 2.24) is 0 Å². The molecule has 1 aromatic heterocycles. The van der Waals surface area contributed by atoms with Crippen LogP contribution in [-0.4, -0.2) is 11.5 Å². The maximum Gasteiger partial charge on any atom is 0.148 e. The Balaban J connectivity index is 2.57. The number of hydrogen-bond donors (Lipinski definition) is 1. The van der Waals surface area contributed by atoms with Gasteiger partial charge in [-0.05, 0) is 17.3 Å². The lowest BCUT2D eigenvalue weighted by molar-refractivity contribution is -0.242. The van der Waals surface area contributed by atoms with E-state index in [0.717, 1.165) is 0 Å². The first-order valence-electron chi connectivity index (χ1n) is 2.31. The van der Waals surface area contributed by atoms with Crippen molar-refractivity contribution in [1.29, 1.82) is 0 Å². The molecule has 1 aromatic rings. The van der Waals surface area contributed by atoms with Crippen molar-refractivity contribution < 1.29 is 14.7 Å². The Morgan fingerprint density at radius 2 is 2.67 bits per heavy atom. The zero-order valence-electron chi connectivity index (χ0n) is 4.52. The van der Waals surface area contributed by atoms with Gasteiger partial charge in [0.05, 0.1) is 6.26 Å². The topological polar surface area (TPSA) is 55.0 Å². The van der Waals surface area contributed by atoms with Crippen molar-refractivity contribution in [2.75, 3.05) is 0 Å². The van der Waals surface area contributed by atoms with Gasteiger partial charge in [-0.25, -0.2) is 4.99 Å². The summed E-state index contributed by atoms with van der Waals surface area (Å²) in [5, 5.41) is 10.8. The van der Waals surface area contributed by atoms with Crippen LogP contribution in [0.5, 0.6) is 0 Å². The van der Waals surface area contributed by atoms with Gasteiger partial charge in [-0.1, -0.05) is 0 Å². The van der Waals surface area contributed by atoms with Gasteiger partial charge in [-0.3, -0.25) is 0 Å². The van der Waals surface area contributed by atoms with E-state index in [2.05, 4.69) is 10.1 Å². The number of oxime groups is 1. The summed E-state index contributed by atoms with van der Waals surface area (Å²) in [6.45, 7) is 0. The van der Waals surface area contributed by atoms with Crippen LogP contribution in [0.3, 0.4) is 0 Å². The van der Waals surface area contributed by atoms with E-state index in [0.29, 0.717) is 5.76 Å². The summed E-state index contributed by atoms with van der Waals surface area (Å²) < 4.78 is 4.80. The molecule has 0 saturated heterocycles. The lowest BCUT2D eigenvalue weighted by atomic mass is 10.5. The van der Waals surface area contributed by atoms with Gasteiger partial charge in [0.15, 0.2) is 0 Å².